The molecule has 9 heteroatoms. The van der Waals surface area contributed by atoms with Crippen molar-refractivity contribution in [2.75, 3.05) is 23.7 Å². The topological polar surface area (TPSA) is 86.8 Å². The minimum atomic E-state index is -3.53. The minimum Gasteiger partial charge on any atom is -0.354 e. The number of sulfonamides is 1. The molecular weight excluding hydrogens is 498 g/mol. The van der Waals surface area contributed by atoms with Crippen LogP contribution in [0.5, 0.6) is 0 Å². The van der Waals surface area contributed by atoms with E-state index < -0.39 is 16.1 Å². The number of carbonyl (C=O) groups is 2. The highest BCUT2D eigenvalue weighted by Crippen LogP contribution is 2.22. The van der Waals surface area contributed by atoms with Gasteiger partial charge in [0.15, 0.2) is 0 Å². The van der Waals surface area contributed by atoms with Crippen LogP contribution in [-0.2, 0) is 32.6 Å². The van der Waals surface area contributed by atoms with Gasteiger partial charge in [0.1, 0.15) is 6.04 Å². The summed E-state index contributed by atoms with van der Waals surface area (Å²) in [4.78, 5) is 27.6. The van der Waals surface area contributed by atoms with Gasteiger partial charge in [-0.3, -0.25) is 13.9 Å². The van der Waals surface area contributed by atoms with Gasteiger partial charge in [0.25, 0.3) is 0 Å². The summed E-state index contributed by atoms with van der Waals surface area (Å²) in [5.74, 6) is -0.197. The van der Waals surface area contributed by atoms with Crippen molar-refractivity contribution in [3.8, 4) is 0 Å². The Morgan fingerprint density at radius 2 is 1.67 bits per heavy atom. The second kappa shape index (κ2) is 13.7. The van der Waals surface area contributed by atoms with E-state index in [0.29, 0.717) is 23.7 Å². The summed E-state index contributed by atoms with van der Waals surface area (Å²) in [5.41, 5.74) is 2.42. The predicted molar refractivity (Wildman–Crippen MR) is 147 cm³/mol. The highest BCUT2D eigenvalue weighted by Gasteiger charge is 2.27. The molecular formula is C27H38ClN3O4S. The molecule has 0 heterocycles. The van der Waals surface area contributed by atoms with Crippen molar-refractivity contribution >= 4 is 39.1 Å². The highest BCUT2D eigenvalue weighted by atomic mass is 35.5. The van der Waals surface area contributed by atoms with Crippen molar-refractivity contribution in [1.82, 2.24) is 10.2 Å². The standard InChI is InChI=1S/C27H38ClN3O4S/c1-6-22-13-15-24(16-14-22)31(36(5,34)35)17-9-12-26(32)30(19-23-10-7-8-11-25(23)28)21(4)27(33)29-18-20(2)3/h7-8,10-11,13-16,20-21H,6,9,12,17-19H2,1-5H3,(H,29,33)/t21-/m1/s1. The van der Waals surface area contributed by atoms with Gasteiger partial charge < -0.3 is 10.2 Å². The van der Waals surface area contributed by atoms with Crippen LogP contribution < -0.4 is 9.62 Å². The molecule has 36 heavy (non-hydrogen) atoms. The number of benzene rings is 2. The summed E-state index contributed by atoms with van der Waals surface area (Å²) in [6, 6.07) is 13.9. The van der Waals surface area contributed by atoms with Gasteiger partial charge in [-0.1, -0.05) is 62.7 Å². The molecule has 2 aromatic carbocycles. The Kier molecular flexibility index (Phi) is 11.2. The summed E-state index contributed by atoms with van der Waals surface area (Å²) in [6.45, 7) is 8.59. The molecule has 0 fully saturated rings. The van der Waals surface area contributed by atoms with Gasteiger partial charge in [-0.2, -0.15) is 0 Å². The first-order chi connectivity index (χ1) is 16.9. The summed E-state index contributed by atoms with van der Waals surface area (Å²) < 4.78 is 26.2. The lowest BCUT2D eigenvalue weighted by molar-refractivity contribution is -0.140. The molecule has 0 aliphatic heterocycles. The molecule has 7 nitrogen and oxygen atoms in total. The molecule has 0 saturated carbocycles. The number of amides is 2. The number of nitrogens with zero attached hydrogens (tertiary/aromatic N) is 2. The molecule has 0 saturated heterocycles. The van der Waals surface area contributed by atoms with Gasteiger partial charge in [0.2, 0.25) is 21.8 Å². The Morgan fingerprint density at radius 3 is 2.22 bits per heavy atom. The predicted octanol–water partition coefficient (Wildman–Crippen LogP) is 4.64. The summed E-state index contributed by atoms with van der Waals surface area (Å²) in [5, 5.41) is 3.41. The lowest BCUT2D eigenvalue weighted by atomic mass is 10.1. The molecule has 198 valence electrons. The van der Waals surface area contributed by atoms with E-state index in [9.17, 15) is 18.0 Å². The Labute approximate surface area is 220 Å². The Hall–Kier alpha value is -2.58. The fourth-order valence-corrected chi connectivity index (χ4v) is 4.91. The number of aryl methyl sites for hydroxylation is 1. The van der Waals surface area contributed by atoms with Crippen molar-refractivity contribution in [3.05, 3.63) is 64.7 Å². The summed E-state index contributed by atoms with van der Waals surface area (Å²) in [6.07, 6.45) is 2.41. The lowest BCUT2D eigenvalue weighted by Crippen LogP contribution is -2.48. The van der Waals surface area contributed by atoms with Crippen molar-refractivity contribution < 1.29 is 18.0 Å². The molecule has 2 rings (SSSR count). The highest BCUT2D eigenvalue weighted by molar-refractivity contribution is 7.92. The maximum Gasteiger partial charge on any atom is 0.242 e. The number of carbonyl (C=O) groups excluding carboxylic acids is 2. The largest absolute Gasteiger partial charge is 0.354 e. The molecule has 0 aromatic heterocycles. The van der Waals surface area contributed by atoms with Gasteiger partial charge in [0.05, 0.1) is 11.9 Å². The molecule has 0 radical (unpaired) electrons. The van der Waals surface area contributed by atoms with E-state index in [-0.39, 0.29) is 37.2 Å². The van der Waals surface area contributed by atoms with E-state index >= 15 is 0 Å². The number of halogens is 1. The van der Waals surface area contributed by atoms with Gasteiger partial charge in [-0.15, -0.1) is 0 Å². The first-order valence-corrected chi connectivity index (χ1v) is 14.5. The van der Waals surface area contributed by atoms with Crippen LogP contribution in [0.25, 0.3) is 0 Å². The van der Waals surface area contributed by atoms with Crippen LogP contribution in [0.4, 0.5) is 5.69 Å². The first kappa shape index (κ1) is 29.6. The van der Waals surface area contributed by atoms with Crippen LogP contribution in [0.2, 0.25) is 5.02 Å². The van der Waals surface area contributed by atoms with E-state index in [1.54, 1.807) is 25.1 Å². The summed E-state index contributed by atoms with van der Waals surface area (Å²) in [7, 11) is -3.53. The van der Waals surface area contributed by atoms with Gasteiger partial charge >= 0.3 is 0 Å². The number of hydrogen-bond acceptors (Lipinski definition) is 4. The quantitative estimate of drug-likeness (QED) is 0.405. The average Bonchev–Trinajstić information content (AvgIpc) is 2.83. The Bertz CT molecular complexity index is 1120. The zero-order valence-electron chi connectivity index (χ0n) is 21.8. The van der Waals surface area contributed by atoms with Crippen LogP contribution in [0, 0.1) is 5.92 Å². The maximum absolute atomic E-state index is 13.3. The number of rotatable bonds is 13. The third-order valence-electron chi connectivity index (χ3n) is 5.94. The lowest BCUT2D eigenvalue weighted by Gasteiger charge is -2.30. The Balaban J connectivity index is 2.16. The maximum atomic E-state index is 13.3. The van der Waals surface area contributed by atoms with Crippen molar-refractivity contribution in [2.45, 2.75) is 59.5 Å². The minimum absolute atomic E-state index is 0.0886. The van der Waals surface area contributed by atoms with Crippen molar-refractivity contribution in [1.29, 1.82) is 0 Å². The van der Waals surface area contributed by atoms with Crippen molar-refractivity contribution in [3.63, 3.8) is 0 Å². The average molecular weight is 536 g/mol. The second-order valence-corrected chi connectivity index (χ2v) is 11.7. The molecule has 0 bridgehead atoms. The summed E-state index contributed by atoms with van der Waals surface area (Å²) >= 11 is 6.33. The SMILES string of the molecule is CCc1ccc(N(CCCC(=O)N(Cc2ccccc2Cl)[C@H](C)C(=O)NCC(C)C)S(C)(=O)=O)cc1. The second-order valence-electron chi connectivity index (χ2n) is 9.39. The van der Waals surface area contributed by atoms with Crippen LogP contribution in [0.3, 0.4) is 0 Å². The molecule has 0 aliphatic carbocycles. The van der Waals surface area contributed by atoms with Crippen LogP contribution in [0.1, 0.15) is 51.7 Å². The fourth-order valence-electron chi connectivity index (χ4n) is 3.75. The van der Waals surface area contributed by atoms with E-state index in [1.165, 1.54) is 9.21 Å². The fraction of sp³-hybridized carbons (Fsp3) is 0.481. The number of hydrogen-bond donors (Lipinski definition) is 1. The monoisotopic (exact) mass is 535 g/mol. The van der Waals surface area contributed by atoms with E-state index in [4.69, 9.17) is 11.6 Å². The van der Waals surface area contributed by atoms with Gasteiger partial charge in [-0.05, 0) is 55.0 Å². The molecule has 0 unspecified atom stereocenters. The first-order valence-electron chi connectivity index (χ1n) is 12.3. The smallest absolute Gasteiger partial charge is 0.242 e. The van der Waals surface area contributed by atoms with Crippen LogP contribution >= 0.6 is 11.6 Å². The van der Waals surface area contributed by atoms with Crippen molar-refractivity contribution in [2.24, 2.45) is 5.92 Å². The molecule has 1 atom stereocenters. The van der Waals surface area contributed by atoms with Gasteiger partial charge in [0, 0.05) is 31.1 Å². The van der Waals surface area contributed by atoms with E-state index in [2.05, 4.69) is 5.32 Å². The molecule has 2 amide bonds. The van der Waals surface area contributed by atoms with E-state index in [1.807, 2.05) is 51.1 Å². The molecule has 0 aliphatic rings. The molecule has 0 spiro atoms. The normalized spacial score (nSPS) is 12.3. The third-order valence-corrected chi connectivity index (χ3v) is 7.50. The number of anilines is 1. The van der Waals surface area contributed by atoms with Gasteiger partial charge in [-0.25, -0.2) is 8.42 Å². The third kappa shape index (κ3) is 8.82. The Morgan fingerprint density at radius 1 is 1.03 bits per heavy atom. The zero-order chi connectivity index (χ0) is 26.9. The number of nitrogens with one attached hydrogen (secondary N) is 1. The molecule has 1 N–H and O–H groups in total. The molecule has 2 aromatic rings. The van der Waals surface area contributed by atoms with Crippen LogP contribution in [0.15, 0.2) is 48.5 Å². The van der Waals surface area contributed by atoms with Crippen LogP contribution in [-0.4, -0.2) is 50.5 Å². The van der Waals surface area contributed by atoms with E-state index in [0.717, 1.165) is 23.8 Å². The zero-order valence-corrected chi connectivity index (χ0v) is 23.4.